The second-order valence-electron chi connectivity index (χ2n) is 7.96. The number of thiophene rings is 1. The van der Waals surface area contributed by atoms with Crippen LogP contribution in [0.15, 0.2) is 65.0 Å². The Morgan fingerprint density at radius 1 is 0.947 bits per heavy atom. The molecule has 0 spiro atoms. The van der Waals surface area contributed by atoms with Crippen molar-refractivity contribution in [1.29, 1.82) is 0 Å². The van der Waals surface area contributed by atoms with Crippen LogP contribution in [0.1, 0.15) is 10.4 Å². The van der Waals surface area contributed by atoms with Gasteiger partial charge in [0.25, 0.3) is 0 Å². The Labute approximate surface area is 221 Å². The fourth-order valence-corrected chi connectivity index (χ4v) is 4.36. The molecule has 13 heteroatoms. The Kier molecular flexibility index (Phi) is 11.3. The van der Waals surface area contributed by atoms with E-state index in [1.165, 1.54) is 0 Å². The molecule has 1 atom stereocenters. The lowest BCUT2D eigenvalue weighted by atomic mass is 10.0. The van der Waals surface area contributed by atoms with Gasteiger partial charge >= 0.3 is 23.9 Å². The molecule has 11 nitrogen and oxygen atoms in total. The number of aliphatic carboxylic acids is 4. The number of anilines is 1. The van der Waals surface area contributed by atoms with E-state index in [0.717, 1.165) is 48.0 Å². The maximum Gasteiger partial charge on any atom is 0.328 e. The van der Waals surface area contributed by atoms with Crippen LogP contribution in [0.3, 0.4) is 0 Å². The minimum Gasteiger partial charge on any atom is -0.478 e. The highest BCUT2D eigenvalue weighted by Gasteiger charge is 2.30. The molecule has 1 unspecified atom stereocenters. The van der Waals surface area contributed by atoms with E-state index >= 15 is 0 Å². The molecule has 202 valence electrons. The van der Waals surface area contributed by atoms with Gasteiger partial charge in [0, 0.05) is 55.2 Å². The lowest BCUT2D eigenvalue weighted by Crippen LogP contribution is -2.53. The summed E-state index contributed by atoms with van der Waals surface area (Å²) in [5.41, 5.74) is 3.04. The normalized spacial score (nSPS) is 16.6. The van der Waals surface area contributed by atoms with Crippen LogP contribution in [0.4, 0.5) is 10.1 Å². The van der Waals surface area contributed by atoms with Gasteiger partial charge in [-0.25, -0.2) is 23.6 Å². The first-order valence-corrected chi connectivity index (χ1v) is 12.0. The van der Waals surface area contributed by atoms with Crippen molar-refractivity contribution < 1.29 is 44.0 Å². The molecule has 3 heterocycles. The number of benzene rings is 1. The number of halogens is 1. The lowest BCUT2D eigenvalue weighted by molar-refractivity contribution is -0.134. The third-order valence-corrected chi connectivity index (χ3v) is 6.04. The molecule has 0 aliphatic carbocycles. The summed E-state index contributed by atoms with van der Waals surface area (Å²) in [6, 6.07) is 9.53. The number of hydrogen-bond donors (Lipinski definition) is 4. The molecule has 4 rings (SSSR count). The first-order chi connectivity index (χ1) is 18.0. The predicted octanol–water partition coefficient (Wildman–Crippen LogP) is 2.28. The average Bonchev–Trinajstić information content (AvgIpc) is 3.33. The van der Waals surface area contributed by atoms with Gasteiger partial charge in [0.1, 0.15) is 5.82 Å². The maximum atomic E-state index is 13.9. The second kappa shape index (κ2) is 14.4. The number of carboxylic acid groups (broad SMARTS) is 4. The Bertz CT molecular complexity index is 1180. The standard InChI is InChI=1S/C17H18FN3S.2C4H4O4/c1-20-6-7-21-13(11-20)10-19-17(16-3-2-8-22-16)14-5-4-12(18)9-15(14)21;2*5-3(6)1-2-4(7)8/h2-5,8-9,13H,6-7,10-11H2,1H3;2*1-2H,(H,5,6)(H,7,8)/b;2*2-1-. The van der Waals surface area contributed by atoms with Crippen LogP contribution in [0.2, 0.25) is 0 Å². The number of carboxylic acids is 4. The van der Waals surface area contributed by atoms with Crippen LogP contribution in [-0.4, -0.2) is 94.2 Å². The fraction of sp³-hybridized carbons (Fsp3) is 0.240. The van der Waals surface area contributed by atoms with E-state index in [1.54, 1.807) is 23.5 Å². The first-order valence-electron chi connectivity index (χ1n) is 11.1. The van der Waals surface area contributed by atoms with Crippen molar-refractivity contribution in [3.05, 3.63) is 76.3 Å². The van der Waals surface area contributed by atoms with E-state index in [0.29, 0.717) is 30.3 Å². The summed E-state index contributed by atoms with van der Waals surface area (Å²) in [6.45, 7) is 3.65. The van der Waals surface area contributed by atoms with Gasteiger partial charge < -0.3 is 30.2 Å². The van der Waals surface area contributed by atoms with Gasteiger partial charge in [0.15, 0.2) is 0 Å². The number of rotatable bonds is 5. The summed E-state index contributed by atoms with van der Waals surface area (Å²) in [5.74, 6) is -5.21. The molecule has 2 aliphatic rings. The zero-order chi connectivity index (χ0) is 28.2. The zero-order valence-corrected chi connectivity index (χ0v) is 21.0. The quantitative estimate of drug-likeness (QED) is 0.408. The number of likely N-dealkylation sites (N-methyl/N-ethyl adjacent to an activating group) is 1. The molecule has 0 bridgehead atoms. The van der Waals surface area contributed by atoms with Crippen molar-refractivity contribution >= 4 is 46.6 Å². The molecule has 2 aromatic rings. The number of hydrogen-bond acceptors (Lipinski definition) is 8. The highest BCUT2D eigenvalue weighted by molar-refractivity contribution is 7.12. The van der Waals surface area contributed by atoms with Crippen LogP contribution in [0, 0.1) is 5.82 Å². The van der Waals surface area contributed by atoms with Gasteiger partial charge in [-0.1, -0.05) is 6.07 Å². The molecule has 1 saturated heterocycles. The molecule has 0 saturated carbocycles. The summed E-state index contributed by atoms with van der Waals surface area (Å²) in [6.07, 6.45) is 2.23. The molecular weight excluding hydrogens is 521 g/mol. The minimum absolute atomic E-state index is 0.177. The smallest absolute Gasteiger partial charge is 0.328 e. The van der Waals surface area contributed by atoms with Gasteiger partial charge in [0.2, 0.25) is 0 Å². The molecule has 38 heavy (non-hydrogen) atoms. The Hall–Kier alpha value is -4.36. The van der Waals surface area contributed by atoms with E-state index in [2.05, 4.69) is 28.3 Å². The van der Waals surface area contributed by atoms with Gasteiger partial charge in [-0.2, -0.15) is 0 Å². The van der Waals surface area contributed by atoms with Crippen molar-refractivity contribution in [3.8, 4) is 0 Å². The van der Waals surface area contributed by atoms with Crippen LogP contribution in [0.5, 0.6) is 0 Å². The molecule has 1 aromatic heterocycles. The summed E-state index contributed by atoms with van der Waals surface area (Å²) in [7, 11) is 2.14. The summed E-state index contributed by atoms with van der Waals surface area (Å²) < 4.78 is 13.9. The highest BCUT2D eigenvalue weighted by Crippen LogP contribution is 2.32. The number of carbonyl (C=O) groups is 4. The number of nitrogens with zero attached hydrogens (tertiary/aromatic N) is 3. The van der Waals surface area contributed by atoms with Crippen molar-refractivity contribution in [2.24, 2.45) is 4.99 Å². The molecule has 1 aromatic carbocycles. The summed E-state index contributed by atoms with van der Waals surface area (Å²) >= 11 is 1.69. The SMILES string of the molecule is CN1CCN2c3cc(F)ccc3C(c3cccs3)=NCC2C1.O=C(O)/C=C\C(=O)O.O=C(O)/C=C\C(=O)O. The summed E-state index contributed by atoms with van der Waals surface area (Å²) in [4.78, 5) is 48.9. The second-order valence-corrected chi connectivity index (χ2v) is 8.90. The van der Waals surface area contributed by atoms with E-state index in [9.17, 15) is 23.6 Å². The number of aliphatic imine (C=N–C) groups is 1. The van der Waals surface area contributed by atoms with Crippen molar-refractivity contribution in [2.45, 2.75) is 6.04 Å². The van der Waals surface area contributed by atoms with Crippen LogP contribution in [0.25, 0.3) is 0 Å². The van der Waals surface area contributed by atoms with Crippen LogP contribution in [-0.2, 0) is 19.2 Å². The summed E-state index contributed by atoms with van der Waals surface area (Å²) in [5, 5.41) is 33.3. The van der Waals surface area contributed by atoms with Crippen LogP contribution < -0.4 is 4.90 Å². The highest BCUT2D eigenvalue weighted by atomic mass is 32.1. The third-order valence-electron chi connectivity index (χ3n) is 5.16. The molecular formula is C25H26FN3O8S. The maximum absolute atomic E-state index is 13.9. The Morgan fingerprint density at radius 2 is 1.53 bits per heavy atom. The topological polar surface area (TPSA) is 168 Å². The first kappa shape index (κ1) is 29.9. The van der Waals surface area contributed by atoms with Gasteiger partial charge in [-0.3, -0.25) is 4.99 Å². The molecule has 1 fully saturated rings. The van der Waals surface area contributed by atoms with E-state index in [1.807, 2.05) is 12.1 Å². The number of fused-ring (bicyclic) bond motifs is 3. The van der Waals surface area contributed by atoms with E-state index in [4.69, 9.17) is 25.4 Å². The monoisotopic (exact) mass is 547 g/mol. The molecule has 4 N–H and O–H groups in total. The molecule has 0 amide bonds. The predicted molar refractivity (Wildman–Crippen MR) is 139 cm³/mol. The largest absolute Gasteiger partial charge is 0.478 e. The Balaban J connectivity index is 0.000000264. The van der Waals surface area contributed by atoms with Gasteiger partial charge in [-0.15, -0.1) is 11.3 Å². The Morgan fingerprint density at radius 3 is 2.03 bits per heavy atom. The van der Waals surface area contributed by atoms with Crippen LogP contribution >= 0.6 is 11.3 Å². The molecule has 0 radical (unpaired) electrons. The van der Waals surface area contributed by atoms with Crippen molar-refractivity contribution in [1.82, 2.24) is 4.90 Å². The lowest BCUT2D eigenvalue weighted by Gasteiger charge is -2.40. The average molecular weight is 548 g/mol. The minimum atomic E-state index is -1.26. The third kappa shape index (κ3) is 9.59. The zero-order valence-electron chi connectivity index (χ0n) is 20.2. The van der Waals surface area contributed by atoms with Gasteiger partial charge in [-0.05, 0) is 36.7 Å². The van der Waals surface area contributed by atoms with E-state index < -0.39 is 23.9 Å². The van der Waals surface area contributed by atoms with Gasteiger partial charge in [0.05, 0.1) is 23.2 Å². The fourth-order valence-electron chi connectivity index (χ4n) is 3.62. The molecule has 2 aliphatic heterocycles. The van der Waals surface area contributed by atoms with Crippen molar-refractivity contribution in [2.75, 3.05) is 38.1 Å². The van der Waals surface area contributed by atoms with Crippen molar-refractivity contribution in [3.63, 3.8) is 0 Å². The van der Waals surface area contributed by atoms with E-state index in [-0.39, 0.29) is 5.82 Å². The number of piperazine rings is 1.